The lowest BCUT2D eigenvalue weighted by Crippen LogP contribution is -2.42. The van der Waals surface area contributed by atoms with Gasteiger partial charge in [-0.2, -0.15) is 18.3 Å². The maximum Gasteiger partial charge on any atom is 0.416 e. The van der Waals surface area contributed by atoms with Gasteiger partial charge in [0.15, 0.2) is 0 Å². The van der Waals surface area contributed by atoms with E-state index in [9.17, 15) is 18.0 Å². The van der Waals surface area contributed by atoms with Gasteiger partial charge in [-0.3, -0.25) is 5.10 Å². The molecule has 29 heavy (non-hydrogen) atoms. The lowest BCUT2D eigenvalue weighted by atomic mass is 9.89. The van der Waals surface area contributed by atoms with Crippen molar-refractivity contribution < 1.29 is 22.7 Å². The maximum absolute atomic E-state index is 13.1. The number of hydrogen-bond acceptors (Lipinski definition) is 3. The van der Waals surface area contributed by atoms with E-state index in [4.69, 9.17) is 4.74 Å². The third kappa shape index (κ3) is 3.85. The average molecular weight is 404 g/mol. The standard InChI is InChI=1S/C20H19F3N4O2/c1-19(2)9-16(12-7-6-11(20(21,22)23)8-17(12)29-19)26-18(28)25-14-4-3-5-15-13(14)10-24-27-15/h3-8,10,16H,9H2,1-2H3,(H,24,27)(H2,25,26,28)/t16-/m1/s1. The zero-order valence-corrected chi connectivity index (χ0v) is 15.7. The van der Waals surface area contributed by atoms with Gasteiger partial charge in [0.05, 0.1) is 29.0 Å². The van der Waals surface area contributed by atoms with Crippen molar-refractivity contribution in [2.24, 2.45) is 0 Å². The summed E-state index contributed by atoms with van der Waals surface area (Å²) < 4.78 is 44.9. The summed E-state index contributed by atoms with van der Waals surface area (Å²) in [4.78, 5) is 12.6. The minimum atomic E-state index is -4.47. The van der Waals surface area contributed by atoms with Gasteiger partial charge in [-0.05, 0) is 38.1 Å². The summed E-state index contributed by atoms with van der Waals surface area (Å²) >= 11 is 0. The van der Waals surface area contributed by atoms with Crippen molar-refractivity contribution in [2.75, 3.05) is 5.32 Å². The van der Waals surface area contributed by atoms with E-state index in [1.165, 1.54) is 6.07 Å². The lowest BCUT2D eigenvalue weighted by molar-refractivity contribution is -0.137. The minimum Gasteiger partial charge on any atom is -0.487 e. The van der Waals surface area contributed by atoms with E-state index in [0.717, 1.165) is 23.0 Å². The zero-order chi connectivity index (χ0) is 20.8. The second-order valence-electron chi connectivity index (χ2n) is 7.60. The molecule has 1 aromatic heterocycles. The summed E-state index contributed by atoms with van der Waals surface area (Å²) in [6.45, 7) is 3.55. The molecular weight excluding hydrogens is 385 g/mol. The third-order valence-corrected chi connectivity index (χ3v) is 4.84. The number of urea groups is 1. The topological polar surface area (TPSA) is 79.0 Å². The van der Waals surface area contributed by atoms with Crippen molar-refractivity contribution in [3.05, 3.63) is 53.7 Å². The molecule has 152 valence electrons. The summed E-state index contributed by atoms with van der Waals surface area (Å²) in [6, 6.07) is 7.73. The number of carbonyl (C=O) groups is 1. The van der Waals surface area contributed by atoms with E-state index in [-0.39, 0.29) is 5.75 Å². The molecule has 0 saturated carbocycles. The Morgan fingerprint density at radius 1 is 1.28 bits per heavy atom. The number of anilines is 1. The van der Waals surface area contributed by atoms with Crippen LogP contribution in [0.25, 0.3) is 10.9 Å². The van der Waals surface area contributed by atoms with Crippen LogP contribution in [0.4, 0.5) is 23.7 Å². The molecule has 1 atom stereocenters. The van der Waals surface area contributed by atoms with Crippen LogP contribution in [-0.2, 0) is 6.18 Å². The number of benzene rings is 2. The van der Waals surface area contributed by atoms with Gasteiger partial charge >= 0.3 is 12.2 Å². The molecule has 0 bridgehead atoms. The average Bonchev–Trinajstić information content (AvgIpc) is 3.09. The normalized spacial score (nSPS) is 18.0. The van der Waals surface area contributed by atoms with Gasteiger partial charge in [-0.15, -0.1) is 0 Å². The predicted octanol–water partition coefficient (Wildman–Crippen LogP) is 5.01. The van der Waals surface area contributed by atoms with E-state index in [1.807, 2.05) is 6.07 Å². The van der Waals surface area contributed by atoms with E-state index in [2.05, 4.69) is 20.8 Å². The number of hydrogen-bond donors (Lipinski definition) is 3. The molecule has 3 N–H and O–H groups in total. The van der Waals surface area contributed by atoms with Crippen LogP contribution in [0.15, 0.2) is 42.6 Å². The van der Waals surface area contributed by atoms with Gasteiger partial charge < -0.3 is 15.4 Å². The van der Waals surface area contributed by atoms with Crippen LogP contribution in [0, 0.1) is 0 Å². The summed E-state index contributed by atoms with van der Waals surface area (Å²) in [5, 5.41) is 13.2. The molecule has 2 amide bonds. The molecule has 0 aliphatic carbocycles. The lowest BCUT2D eigenvalue weighted by Gasteiger charge is -2.38. The van der Waals surface area contributed by atoms with E-state index in [1.54, 1.807) is 32.2 Å². The number of fused-ring (bicyclic) bond motifs is 2. The molecule has 9 heteroatoms. The Kier molecular flexibility index (Phi) is 4.40. The number of H-pyrrole nitrogens is 1. The van der Waals surface area contributed by atoms with E-state index >= 15 is 0 Å². The summed E-state index contributed by atoms with van der Waals surface area (Å²) in [7, 11) is 0. The number of alkyl halides is 3. The Bertz CT molecular complexity index is 1080. The second kappa shape index (κ2) is 6.68. The monoisotopic (exact) mass is 404 g/mol. The van der Waals surface area contributed by atoms with Crippen LogP contribution < -0.4 is 15.4 Å². The Labute approximate surface area is 164 Å². The minimum absolute atomic E-state index is 0.123. The van der Waals surface area contributed by atoms with Crippen LogP contribution in [0.2, 0.25) is 0 Å². The van der Waals surface area contributed by atoms with Crippen LogP contribution in [0.3, 0.4) is 0 Å². The third-order valence-electron chi connectivity index (χ3n) is 4.84. The van der Waals surface area contributed by atoms with Crippen molar-refractivity contribution in [3.8, 4) is 5.75 Å². The Hall–Kier alpha value is -3.23. The first-order valence-electron chi connectivity index (χ1n) is 9.02. The van der Waals surface area contributed by atoms with Crippen LogP contribution >= 0.6 is 0 Å². The molecule has 0 unspecified atom stereocenters. The Morgan fingerprint density at radius 2 is 2.07 bits per heavy atom. The number of rotatable bonds is 2. The molecule has 3 aromatic rings. The number of aromatic amines is 1. The van der Waals surface area contributed by atoms with Gasteiger partial charge in [-0.25, -0.2) is 4.79 Å². The van der Waals surface area contributed by atoms with Gasteiger partial charge in [-0.1, -0.05) is 12.1 Å². The van der Waals surface area contributed by atoms with Crippen molar-refractivity contribution in [1.82, 2.24) is 15.5 Å². The van der Waals surface area contributed by atoms with Crippen molar-refractivity contribution in [1.29, 1.82) is 0 Å². The summed E-state index contributed by atoms with van der Waals surface area (Å²) in [5.74, 6) is 0.123. The number of aromatic nitrogens is 2. The largest absolute Gasteiger partial charge is 0.487 e. The fourth-order valence-electron chi connectivity index (χ4n) is 3.55. The SMILES string of the molecule is CC1(C)C[C@@H](NC(=O)Nc2cccc3[nH]ncc23)c2ccc(C(F)(F)F)cc2O1. The number of nitrogens with one attached hydrogen (secondary N) is 3. The first-order chi connectivity index (χ1) is 13.6. The first-order valence-corrected chi connectivity index (χ1v) is 9.02. The van der Waals surface area contributed by atoms with Crippen molar-refractivity contribution >= 4 is 22.6 Å². The number of amides is 2. The first kappa shape index (κ1) is 19.1. The van der Waals surface area contributed by atoms with Crippen molar-refractivity contribution in [3.63, 3.8) is 0 Å². The summed E-state index contributed by atoms with van der Waals surface area (Å²) in [6.07, 6.45) is -2.45. The van der Waals surface area contributed by atoms with Crippen LogP contribution in [-0.4, -0.2) is 21.8 Å². The molecule has 2 aromatic carbocycles. The highest BCUT2D eigenvalue weighted by atomic mass is 19.4. The Morgan fingerprint density at radius 3 is 2.83 bits per heavy atom. The molecule has 0 fully saturated rings. The predicted molar refractivity (Wildman–Crippen MR) is 102 cm³/mol. The quantitative estimate of drug-likeness (QED) is 0.562. The van der Waals surface area contributed by atoms with Crippen molar-refractivity contribution in [2.45, 2.75) is 38.1 Å². The van der Waals surface area contributed by atoms with Gasteiger partial charge in [0.2, 0.25) is 0 Å². The van der Waals surface area contributed by atoms with Gasteiger partial charge in [0, 0.05) is 17.4 Å². The smallest absolute Gasteiger partial charge is 0.416 e. The number of carbonyl (C=O) groups excluding carboxylic acids is 1. The van der Waals surface area contributed by atoms with E-state index < -0.39 is 29.4 Å². The number of halogens is 3. The molecule has 0 spiro atoms. The van der Waals surface area contributed by atoms with Crippen LogP contribution in [0.5, 0.6) is 5.75 Å². The Balaban J connectivity index is 1.58. The molecule has 0 saturated heterocycles. The molecular formula is C20H19F3N4O2. The summed E-state index contributed by atoms with van der Waals surface area (Å²) in [5.41, 5.74) is 0.338. The maximum atomic E-state index is 13.1. The highest BCUT2D eigenvalue weighted by Gasteiger charge is 2.37. The molecule has 1 aliphatic heterocycles. The van der Waals surface area contributed by atoms with Gasteiger partial charge in [0.25, 0.3) is 0 Å². The molecule has 2 heterocycles. The fraction of sp³-hybridized carbons (Fsp3) is 0.300. The molecule has 6 nitrogen and oxygen atoms in total. The van der Waals surface area contributed by atoms with E-state index in [0.29, 0.717) is 17.7 Å². The zero-order valence-electron chi connectivity index (χ0n) is 15.7. The second-order valence-corrected chi connectivity index (χ2v) is 7.60. The number of ether oxygens (including phenoxy) is 1. The highest BCUT2D eigenvalue weighted by Crippen LogP contribution is 2.42. The highest BCUT2D eigenvalue weighted by molar-refractivity contribution is 6.00. The molecule has 4 rings (SSSR count). The van der Waals surface area contributed by atoms with Gasteiger partial charge in [0.1, 0.15) is 11.4 Å². The molecule has 0 radical (unpaired) electrons. The fourth-order valence-corrected chi connectivity index (χ4v) is 3.55. The van der Waals surface area contributed by atoms with Crippen LogP contribution in [0.1, 0.15) is 37.4 Å². The molecule has 1 aliphatic rings. The number of nitrogens with zero attached hydrogens (tertiary/aromatic N) is 1.